The van der Waals surface area contributed by atoms with Gasteiger partial charge < -0.3 is 9.64 Å². The minimum absolute atomic E-state index is 0.134. The van der Waals surface area contributed by atoms with Crippen molar-refractivity contribution in [3.8, 4) is 11.1 Å². The normalized spacial score (nSPS) is 25.9. The van der Waals surface area contributed by atoms with Crippen LogP contribution >= 0.6 is 0 Å². The summed E-state index contributed by atoms with van der Waals surface area (Å²) < 4.78 is 78.7. The summed E-state index contributed by atoms with van der Waals surface area (Å²) in [6.07, 6.45) is 0.116. The third kappa shape index (κ3) is 4.71. The predicted octanol–water partition coefficient (Wildman–Crippen LogP) is 3.43. The molecule has 3 aliphatic rings. The van der Waals surface area contributed by atoms with Crippen molar-refractivity contribution in [2.75, 3.05) is 13.2 Å². The van der Waals surface area contributed by atoms with Crippen LogP contribution in [0.4, 0.5) is 13.2 Å². The predicted molar refractivity (Wildman–Crippen MR) is 124 cm³/mol. The fraction of sp³-hybridized carbons (Fsp3) is 0.480. The molecule has 3 fully saturated rings. The highest BCUT2D eigenvalue weighted by atomic mass is 32.2. The van der Waals surface area contributed by atoms with Crippen molar-refractivity contribution < 1.29 is 31.1 Å². The first-order valence-electron chi connectivity index (χ1n) is 11.7. The summed E-state index contributed by atoms with van der Waals surface area (Å²) in [5.41, 5.74) is 2.03. The Hall–Kier alpha value is -2.43. The van der Waals surface area contributed by atoms with Crippen LogP contribution in [0, 0.1) is 12.7 Å². The number of sulfonamides is 1. The number of hydrogen-bond donors (Lipinski definition) is 1. The van der Waals surface area contributed by atoms with Crippen LogP contribution < -0.4 is 4.72 Å². The van der Waals surface area contributed by atoms with E-state index in [2.05, 4.69) is 4.72 Å². The third-order valence-electron chi connectivity index (χ3n) is 6.97. The SMILES string of the molecule is Cc1cccc(-c2cccc(C[C@H]3[C@@H](NS(=O)(=O)C4CC4)C(F)(F)CN3C(=O)C3CCO3)c2F)c1. The fourth-order valence-electron chi connectivity index (χ4n) is 4.80. The molecule has 0 bridgehead atoms. The van der Waals surface area contributed by atoms with E-state index in [1.54, 1.807) is 24.3 Å². The topological polar surface area (TPSA) is 75.7 Å². The van der Waals surface area contributed by atoms with Gasteiger partial charge in [-0.05, 0) is 37.3 Å². The van der Waals surface area contributed by atoms with Gasteiger partial charge >= 0.3 is 0 Å². The van der Waals surface area contributed by atoms with E-state index in [9.17, 15) is 13.2 Å². The highest BCUT2D eigenvalue weighted by Crippen LogP contribution is 2.39. The molecule has 0 spiro atoms. The van der Waals surface area contributed by atoms with Crippen LogP contribution in [-0.2, 0) is 26.0 Å². The van der Waals surface area contributed by atoms with Gasteiger partial charge in [0.25, 0.3) is 11.8 Å². The monoisotopic (exact) mass is 508 g/mol. The molecule has 0 aromatic heterocycles. The number of likely N-dealkylation sites (tertiary alicyclic amines) is 1. The highest BCUT2D eigenvalue weighted by Gasteiger charge is 2.59. The number of hydrogen-bond acceptors (Lipinski definition) is 4. The molecule has 3 atom stereocenters. The Morgan fingerprint density at radius 1 is 1.17 bits per heavy atom. The highest BCUT2D eigenvalue weighted by molar-refractivity contribution is 7.90. The number of alkyl halides is 2. The molecule has 2 aromatic rings. The first kappa shape index (κ1) is 24.3. The number of amides is 1. The molecule has 1 aliphatic carbocycles. The van der Waals surface area contributed by atoms with Crippen molar-refractivity contribution in [3.63, 3.8) is 0 Å². The zero-order chi connectivity index (χ0) is 25.0. The molecule has 2 heterocycles. The maximum atomic E-state index is 15.6. The second-order valence-electron chi connectivity index (χ2n) is 9.63. The Morgan fingerprint density at radius 3 is 2.51 bits per heavy atom. The van der Waals surface area contributed by atoms with Crippen LogP contribution in [0.5, 0.6) is 0 Å². The molecule has 2 saturated heterocycles. The number of carbonyl (C=O) groups is 1. The summed E-state index contributed by atoms with van der Waals surface area (Å²) in [6, 6.07) is 8.86. The minimum Gasteiger partial charge on any atom is -0.368 e. The molecule has 2 aliphatic heterocycles. The summed E-state index contributed by atoms with van der Waals surface area (Å²) in [7, 11) is -3.99. The van der Waals surface area contributed by atoms with Crippen LogP contribution in [-0.4, -0.2) is 61.7 Å². The van der Waals surface area contributed by atoms with Gasteiger partial charge in [0.1, 0.15) is 18.0 Å². The lowest BCUT2D eigenvalue weighted by Crippen LogP contribution is -2.54. The van der Waals surface area contributed by atoms with E-state index in [1.165, 1.54) is 6.07 Å². The van der Waals surface area contributed by atoms with Gasteiger partial charge in [0, 0.05) is 12.0 Å². The summed E-state index contributed by atoms with van der Waals surface area (Å²) >= 11 is 0. The molecular weight excluding hydrogens is 481 g/mol. The number of carbonyl (C=O) groups excluding carboxylic acids is 1. The maximum absolute atomic E-state index is 15.6. The molecular formula is C25H27F3N2O4S. The van der Waals surface area contributed by atoms with E-state index in [0.717, 1.165) is 10.5 Å². The number of ether oxygens (including phenoxy) is 1. The third-order valence-corrected chi connectivity index (χ3v) is 8.90. The minimum atomic E-state index is -3.99. The molecule has 5 rings (SSSR count). The van der Waals surface area contributed by atoms with Gasteiger partial charge in [-0.1, -0.05) is 48.0 Å². The summed E-state index contributed by atoms with van der Waals surface area (Å²) in [6.45, 7) is 1.29. The number of aryl methyl sites for hydroxylation is 1. The zero-order valence-electron chi connectivity index (χ0n) is 19.2. The summed E-state index contributed by atoms with van der Waals surface area (Å²) in [5, 5.41) is -0.708. The lowest BCUT2D eigenvalue weighted by molar-refractivity contribution is -0.158. The van der Waals surface area contributed by atoms with Crippen LogP contribution in [0.25, 0.3) is 11.1 Å². The van der Waals surface area contributed by atoms with Gasteiger partial charge in [0.05, 0.1) is 24.4 Å². The van der Waals surface area contributed by atoms with Gasteiger partial charge in [-0.15, -0.1) is 0 Å². The van der Waals surface area contributed by atoms with E-state index < -0.39 is 57.7 Å². The van der Waals surface area contributed by atoms with E-state index >= 15 is 13.2 Å². The number of rotatable bonds is 7. The number of benzene rings is 2. The summed E-state index contributed by atoms with van der Waals surface area (Å²) in [4.78, 5) is 14.0. The first-order chi connectivity index (χ1) is 16.6. The Labute approximate surface area is 202 Å². The molecule has 1 amide bonds. The lowest BCUT2D eigenvalue weighted by Gasteiger charge is -2.34. The molecule has 1 N–H and O–H groups in total. The standard InChI is InChI=1S/C25H27F3N2O4S/c1-15-4-2-5-16(12-15)19-7-3-6-17(22(19)26)13-20-23(29-35(32,33)18-8-9-18)25(27,28)14-30(20)24(31)21-10-11-34-21/h2-7,12,18,20-21,23,29H,8-11,13-14H2,1H3/t20-,21?,23+/m0/s1. The molecule has 0 radical (unpaired) electrons. The van der Waals surface area contributed by atoms with Crippen molar-refractivity contribution in [2.24, 2.45) is 0 Å². The Balaban J connectivity index is 1.50. The molecule has 1 saturated carbocycles. The zero-order valence-corrected chi connectivity index (χ0v) is 20.0. The Morgan fingerprint density at radius 2 is 1.89 bits per heavy atom. The smallest absolute Gasteiger partial charge is 0.283 e. The molecule has 188 valence electrons. The quantitative estimate of drug-likeness (QED) is 0.622. The van der Waals surface area contributed by atoms with Gasteiger partial charge in [-0.2, -0.15) is 0 Å². The number of halogens is 3. The van der Waals surface area contributed by atoms with Crippen molar-refractivity contribution in [3.05, 3.63) is 59.4 Å². The van der Waals surface area contributed by atoms with Crippen LogP contribution in [0.2, 0.25) is 0 Å². The van der Waals surface area contributed by atoms with Gasteiger partial charge in [-0.25, -0.2) is 26.3 Å². The van der Waals surface area contributed by atoms with Gasteiger partial charge in [0.2, 0.25) is 10.0 Å². The number of nitrogens with zero attached hydrogens (tertiary/aromatic N) is 1. The number of nitrogens with one attached hydrogen (secondary N) is 1. The molecule has 35 heavy (non-hydrogen) atoms. The van der Waals surface area contributed by atoms with Gasteiger partial charge in [-0.3, -0.25) is 4.79 Å². The second-order valence-corrected chi connectivity index (χ2v) is 11.6. The summed E-state index contributed by atoms with van der Waals surface area (Å²) in [5.74, 6) is -4.72. The maximum Gasteiger partial charge on any atom is 0.283 e. The molecule has 6 nitrogen and oxygen atoms in total. The van der Waals surface area contributed by atoms with Crippen molar-refractivity contribution in [2.45, 2.75) is 62.0 Å². The van der Waals surface area contributed by atoms with Gasteiger partial charge in [0.15, 0.2) is 0 Å². The van der Waals surface area contributed by atoms with Crippen LogP contribution in [0.15, 0.2) is 42.5 Å². The van der Waals surface area contributed by atoms with Crippen molar-refractivity contribution in [1.29, 1.82) is 0 Å². The van der Waals surface area contributed by atoms with E-state index in [1.807, 2.05) is 19.1 Å². The molecule has 10 heteroatoms. The Bertz CT molecular complexity index is 1250. The average molecular weight is 509 g/mol. The van der Waals surface area contributed by atoms with E-state index in [-0.39, 0.29) is 12.0 Å². The van der Waals surface area contributed by atoms with Crippen molar-refractivity contribution in [1.82, 2.24) is 9.62 Å². The van der Waals surface area contributed by atoms with Crippen LogP contribution in [0.1, 0.15) is 30.4 Å². The second kappa shape index (κ2) is 8.90. The first-order valence-corrected chi connectivity index (χ1v) is 13.3. The Kier molecular flexibility index (Phi) is 6.17. The average Bonchev–Trinajstić information content (AvgIpc) is 3.58. The van der Waals surface area contributed by atoms with Crippen molar-refractivity contribution >= 4 is 15.9 Å². The lowest BCUT2D eigenvalue weighted by atomic mass is 9.94. The van der Waals surface area contributed by atoms with Crippen LogP contribution in [0.3, 0.4) is 0 Å². The molecule has 1 unspecified atom stereocenters. The molecule has 2 aromatic carbocycles. The van der Waals surface area contributed by atoms with E-state index in [4.69, 9.17) is 4.74 Å². The van der Waals surface area contributed by atoms with E-state index in [0.29, 0.717) is 37.0 Å². The largest absolute Gasteiger partial charge is 0.368 e. The fourth-order valence-corrected chi connectivity index (χ4v) is 6.44.